The summed E-state index contributed by atoms with van der Waals surface area (Å²) in [4.78, 5) is 2.53. The van der Waals surface area contributed by atoms with Crippen LogP contribution in [0.3, 0.4) is 0 Å². The van der Waals surface area contributed by atoms with E-state index >= 15 is 0 Å². The lowest BCUT2D eigenvalue weighted by Crippen LogP contribution is -2.49. The van der Waals surface area contributed by atoms with Crippen molar-refractivity contribution in [1.82, 2.24) is 4.90 Å². The highest BCUT2D eigenvalue weighted by Gasteiger charge is 2.28. The number of aliphatic hydroxyl groups excluding tert-OH is 1. The van der Waals surface area contributed by atoms with Crippen LogP contribution in [0.1, 0.15) is 44.9 Å². The van der Waals surface area contributed by atoms with E-state index in [1.807, 2.05) is 0 Å². The standard InChI is InChI=1S/C13H25NO2/c15-9-8-14(12-5-2-1-3-6-12)13-7-4-10-16-11-13/h12-13,15H,1-11H2. The first kappa shape index (κ1) is 12.3. The molecule has 1 aliphatic heterocycles. The molecule has 1 atom stereocenters. The van der Waals surface area contributed by atoms with E-state index < -0.39 is 0 Å². The highest BCUT2D eigenvalue weighted by molar-refractivity contribution is 4.83. The van der Waals surface area contributed by atoms with Crippen LogP contribution < -0.4 is 0 Å². The molecule has 1 aliphatic carbocycles. The van der Waals surface area contributed by atoms with Gasteiger partial charge in [-0.3, -0.25) is 4.90 Å². The monoisotopic (exact) mass is 227 g/mol. The van der Waals surface area contributed by atoms with Crippen LogP contribution in [0.5, 0.6) is 0 Å². The molecule has 3 nitrogen and oxygen atoms in total. The Kier molecular flexibility index (Phi) is 5.07. The second-order valence-corrected chi connectivity index (χ2v) is 5.12. The van der Waals surface area contributed by atoms with Crippen molar-refractivity contribution >= 4 is 0 Å². The molecule has 0 aromatic carbocycles. The summed E-state index contributed by atoms with van der Waals surface area (Å²) < 4.78 is 5.58. The Balaban J connectivity index is 1.91. The van der Waals surface area contributed by atoms with Crippen LogP contribution in [-0.4, -0.2) is 48.5 Å². The Labute approximate surface area is 98.8 Å². The summed E-state index contributed by atoms with van der Waals surface area (Å²) in [7, 11) is 0. The van der Waals surface area contributed by atoms with Gasteiger partial charge in [0.05, 0.1) is 13.2 Å². The van der Waals surface area contributed by atoms with E-state index in [2.05, 4.69) is 4.90 Å². The number of ether oxygens (including phenoxy) is 1. The lowest BCUT2D eigenvalue weighted by molar-refractivity contribution is -0.0134. The van der Waals surface area contributed by atoms with E-state index in [9.17, 15) is 5.11 Å². The largest absolute Gasteiger partial charge is 0.395 e. The van der Waals surface area contributed by atoms with Gasteiger partial charge in [0.25, 0.3) is 0 Å². The van der Waals surface area contributed by atoms with Gasteiger partial charge in [-0.1, -0.05) is 19.3 Å². The third kappa shape index (κ3) is 3.19. The Bertz CT molecular complexity index is 168. The first-order valence-electron chi connectivity index (χ1n) is 6.86. The fraction of sp³-hybridized carbons (Fsp3) is 1.00. The maximum Gasteiger partial charge on any atom is 0.0621 e. The van der Waals surface area contributed by atoms with Gasteiger partial charge in [-0.05, 0) is 25.7 Å². The highest BCUT2D eigenvalue weighted by Crippen LogP contribution is 2.26. The topological polar surface area (TPSA) is 32.7 Å². The third-order valence-corrected chi connectivity index (χ3v) is 4.01. The van der Waals surface area contributed by atoms with Crippen LogP contribution in [0, 0.1) is 0 Å². The minimum absolute atomic E-state index is 0.285. The van der Waals surface area contributed by atoms with Crippen molar-refractivity contribution in [3.63, 3.8) is 0 Å². The molecule has 1 saturated heterocycles. The van der Waals surface area contributed by atoms with Crippen LogP contribution >= 0.6 is 0 Å². The summed E-state index contributed by atoms with van der Waals surface area (Å²) in [6.07, 6.45) is 9.17. The van der Waals surface area contributed by atoms with Gasteiger partial charge in [-0.2, -0.15) is 0 Å². The highest BCUT2D eigenvalue weighted by atomic mass is 16.5. The number of rotatable bonds is 4. The molecule has 0 aromatic heterocycles. The average molecular weight is 227 g/mol. The van der Waals surface area contributed by atoms with E-state index in [0.29, 0.717) is 12.1 Å². The van der Waals surface area contributed by atoms with Gasteiger partial charge in [0.2, 0.25) is 0 Å². The zero-order valence-electron chi connectivity index (χ0n) is 10.2. The van der Waals surface area contributed by atoms with E-state index in [-0.39, 0.29) is 6.61 Å². The predicted molar refractivity (Wildman–Crippen MR) is 64.5 cm³/mol. The molecular weight excluding hydrogens is 202 g/mol. The van der Waals surface area contributed by atoms with E-state index in [4.69, 9.17) is 4.74 Å². The van der Waals surface area contributed by atoms with Gasteiger partial charge in [0.1, 0.15) is 0 Å². The van der Waals surface area contributed by atoms with Crippen LogP contribution in [0.15, 0.2) is 0 Å². The quantitative estimate of drug-likeness (QED) is 0.795. The van der Waals surface area contributed by atoms with E-state index in [1.165, 1.54) is 44.9 Å². The van der Waals surface area contributed by atoms with Crippen molar-refractivity contribution in [2.45, 2.75) is 57.0 Å². The summed E-state index contributed by atoms with van der Waals surface area (Å²) >= 11 is 0. The normalized spacial score (nSPS) is 28.5. The molecule has 2 fully saturated rings. The molecule has 1 unspecified atom stereocenters. The molecule has 2 aliphatic rings. The molecule has 0 bridgehead atoms. The van der Waals surface area contributed by atoms with Gasteiger partial charge in [-0.15, -0.1) is 0 Å². The van der Waals surface area contributed by atoms with Crippen LogP contribution in [-0.2, 0) is 4.74 Å². The molecule has 2 rings (SSSR count). The van der Waals surface area contributed by atoms with Crippen LogP contribution in [0.25, 0.3) is 0 Å². The number of nitrogens with zero attached hydrogens (tertiary/aromatic N) is 1. The molecule has 1 N–H and O–H groups in total. The van der Waals surface area contributed by atoms with Crippen molar-refractivity contribution in [3.8, 4) is 0 Å². The zero-order valence-corrected chi connectivity index (χ0v) is 10.2. The second kappa shape index (κ2) is 6.58. The fourth-order valence-corrected chi connectivity index (χ4v) is 3.18. The molecule has 16 heavy (non-hydrogen) atoms. The van der Waals surface area contributed by atoms with Crippen molar-refractivity contribution < 1.29 is 9.84 Å². The average Bonchev–Trinajstić information content (AvgIpc) is 2.38. The number of hydrogen-bond acceptors (Lipinski definition) is 3. The van der Waals surface area contributed by atoms with Crippen molar-refractivity contribution in [3.05, 3.63) is 0 Å². The van der Waals surface area contributed by atoms with Gasteiger partial charge in [0.15, 0.2) is 0 Å². The molecule has 94 valence electrons. The molecule has 0 amide bonds. The number of hydrogen-bond donors (Lipinski definition) is 1. The Morgan fingerprint density at radius 2 is 1.75 bits per heavy atom. The maximum atomic E-state index is 9.22. The summed E-state index contributed by atoms with van der Waals surface area (Å²) in [5, 5.41) is 9.22. The van der Waals surface area contributed by atoms with Gasteiger partial charge in [-0.25, -0.2) is 0 Å². The van der Waals surface area contributed by atoms with Gasteiger partial charge in [0, 0.05) is 25.2 Å². The summed E-state index contributed by atoms with van der Waals surface area (Å²) in [6.45, 7) is 2.91. The first-order valence-corrected chi connectivity index (χ1v) is 6.86. The van der Waals surface area contributed by atoms with Crippen LogP contribution in [0.2, 0.25) is 0 Å². The SMILES string of the molecule is OCCN(C1CCCCC1)C1CCCOC1. The lowest BCUT2D eigenvalue weighted by Gasteiger charge is -2.41. The number of aliphatic hydroxyl groups is 1. The summed E-state index contributed by atoms with van der Waals surface area (Å²) in [5.74, 6) is 0. The molecule has 0 radical (unpaired) electrons. The molecule has 1 heterocycles. The molecule has 3 heteroatoms. The van der Waals surface area contributed by atoms with Gasteiger partial charge >= 0.3 is 0 Å². The molecule has 1 saturated carbocycles. The molecule has 0 spiro atoms. The molecule has 0 aromatic rings. The van der Waals surface area contributed by atoms with Crippen LogP contribution in [0.4, 0.5) is 0 Å². The van der Waals surface area contributed by atoms with E-state index in [1.54, 1.807) is 0 Å². The van der Waals surface area contributed by atoms with Crippen molar-refractivity contribution in [1.29, 1.82) is 0 Å². The zero-order chi connectivity index (χ0) is 11.2. The summed E-state index contributed by atoms with van der Waals surface area (Å²) in [6, 6.07) is 1.26. The smallest absolute Gasteiger partial charge is 0.0621 e. The lowest BCUT2D eigenvalue weighted by atomic mass is 9.92. The Hall–Kier alpha value is -0.120. The fourth-order valence-electron chi connectivity index (χ4n) is 3.18. The van der Waals surface area contributed by atoms with Crippen molar-refractivity contribution in [2.24, 2.45) is 0 Å². The minimum Gasteiger partial charge on any atom is -0.395 e. The second-order valence-electron chi connectivity index (χ2n) is 5.12. The maximum absolute atomic E-state index is 9.22. The Morgan fingerprint density at radius 1 is 1.00 bits per heavy atom. The summed E-state index contributed by atoms with van der Waals surface area (Å²) in [5.41, 5.74) is 0. The van der Waals surface area contributed by atoms with Crippen molar-refractivity contribution in [2.75, 3.05) is 26.4 Å². The first-order chi connectivity index (χ1) is 7.92. The minimum atomic E-state index is 0.285. The Morgan fingerprint density at radius 3 is 2.38 bits per heavy atom. The molecular formula is C13H25NO2. The van der Waals surface area contributed by atoms with Gasteiger partial charge < -0.3 is 9.84 Å². The van der Waals surface area contributed by atoms with E-state index in [0.717, 1.165) is 19.8 Å². The third-order valence-electron chi connectivity index (χ3n) is 4.01. The predicted octanol–water partition coefficient (Wildman–Crippen LogP) is 1.79.